The number of ether oxygens (including phenoxy) is 2. The summed E-state index contributed by atoms with van der Waals surface area (Å²) in [6.07, 6.45) is 1.77. The third-order valence-corrected chi connectivity index (χ3v) is 1.96. The Morgan fingerprint density at radius 2 is 2.14 bits per heavy atom. The molecule has 4 nitrogen and oxygen atoms in total. The number of hydrogen-bond acceptors (Lipinski definition) is 4. The predicted molar refractivity (Wildman–Crippen MR) is 55.2 cm³/mol. The first-order valence-electron chi connectivity index (χ1n) is 5.08. The molecule has 0 fully saturated rings. The number of carbonyl (C=O) groups excluding carboxylic acids is 1. The maximum absolute atomic E-state index is 11.1. The normalized spacial score (nSPS) is 12.5. The zero-order valence-corrected chi connectivity index (χ0v) is 9.34. The van der Waals surface area contributed by atoms with E-state index in [-0.39, 0.29) is 5.97 Å². The molecule has 1 N–H and O–H groups in total. The van der Waals surface area contributed by atoms with Crippen molar-refractivity contribution >= 4 is 5.97 Å². The van der Waals surface area contributed by atoms with Gasteiger partial charge in [0.05, 0.1) is 13.2 Å². The van der Waals surface area contributed by atoms with Crippen LogP contribution in [0.1, 0.15) is 26.7 Å². The molecule has 0 saturated heterocycles. The smallest absolute Gasteiger partial charge is 0.319 e. The van der Waals surface area contributed by atoms with Gasteiger partial charge in [0.1, 0.15) is 0 Å². The van der Waals surface area contributed by atoms with Crippen LogP contribution >= 0.6 is 0 Å². The van der Waals surface area contributed by atoms with E-state index in [9.17, 15) is 4.79 Å². The standard InChI is InChI=1S/C10H21NO3/c1-4-9(2)11-8-10(12)14-7-5-6-13-3/h9,11H,4-8H2,1-3H3. The van der Waals surface area contributed by atoms with E-state index in [1.165, 1.54) is 0 Å². The lowest BCUT2D eigenvalue weighted by atomic mass is 10.3. The van der Waals surface area contributed by atoms with Crippen molar-refractivity contribution in [2.75, 3.05) is 26.9 Å². The molecular weight excluding hydrogens is 182 g/mol. The molecule has 0 radical (unpaired) electrons. The summed E-state index contributed by atoms with van der Waals surface area (Å²) >= 11 is 0. The maximum Gasteiger partial charge on any atom is 0.319 e. The third-order valence-electron chi connectivity index (χ3n) is 1.96. The van der Waals surface area contributed by atoms with Gasteiger partial charge in [-0.25, -0.2) is 0 Å². The largest absolute Gasteiger partial charge is 0.465 e. The number of methoxy groups -OCH3 is 1. The summed E-state index contributed by atoms with van der Waals surface area (Å²) in [4.78, 5) is 11.1. The van der Waals surface area contributed by atoms with Crippen LogP contribution in [0.5, 0.6) is 0 Å². The Morgan fingerprint density at radius 3 is 2.71 bits per heavy atom. The molecule has 1 atom stereocenters. The first kappa shape index (κ1) is 13.4. The van der Waals surface area contributed by atoms with Gasteiger partial charge in [-0.2, -0.15) is 0 Å². The van der Waals surface area contributed by atoms with Crippen molar-refractivity contribution in [3.8, 4) is 0 Å². The van der Waals surface area contributed by atoms with Crippen LogP contribution in [0.2, 0.25) is 0 Å². The summed E-state index contributed by atoms with van der Waals surface area (Å²) < 4.78 is 9.79. The average Bonchev–Trinajstić information content (AvgIpc) is 2.21. The van der Waals surface area contributed by atoms with Crippen molar-refractivity contribution in [3.05, 3.63) is 0 Å². The highest BCUT2D eigenvalue weighted by Crippen LogP contribution is 1.88. The molecule has 0 aromatic rings. The number of rotatable bonds is 8. The van der Waals surface area contributed by atoms with Crippen LogP contribution in [-0.2, 0) is 14.3 Å². The van der Waals surface area contributed by atoms with Crippen molar-refractivity contribution in [2.45, 2.75) is 32.7 Å². The van der Waals surface area contributed by atoms with Gasteiger partial charge in [-0.3, -0.25) is 4.79 Å². The molecule has 84 valence electrons. The van der Waals surface area contributed by atoms with E-state index in [0.29, 0.717) is 25.8 Å². The molecule has 0 aliphatic rings. The van der Waals surface area contributed by atoms with Crippen molar-refractivity contribution in [1.82, 2.24) is 5.32 Å². The zero-order chi connectivity index (χ0) is 10.8. The van der Waals surface area contributed by atoms with E-state index in [4.69, 9.17) is 9.47 Å². The topological polar surface area (TPSA) is 47.6 Å². The Balaban J connectivity index is 3.28. The highest BCUT2D eigenvalue weighted by Gasteiger charge is 2.04. The lowest BCUT2D eigenvalue weighted by Gasteiger charge is -2.10. The van der Waals surface area contributed by atoms with E-state index < -0.39 is 0 Å². The Bertz CT molecular complexity index is 150. The van der Waals surface area contributed by atoms with E-state index in [1.54, 1.807) is 7.11 Å². The van der Waals surface area contributed by atoms with E-state index >= 15 is 0 Å². The molecule has 0 aromatic carbocycles. The molecule has 0 aliphatic heterocycles. The van der Waals surface area contributed by atoms with Gasteiger partial charge >= 0.3 is 5.97 Å². The molecule has 1 unspecified atom stereocenters. The molecule has 0 heterocycles. The lowest BCUT2D eigenvalue weighted by Crippen LogP contribution is -2.32. The van der Waals surface area contributed by atoms with Crippen LogP contribution in [0, 0.1) is 0 Å². The quantitative estimate of drug-likeness (QED) is 0.471. The summed E-state index contributed by atoms with van der Waals surface area (Å²) in [5.74, 6) is -0.193. The zero-order valence-electron chi connectivity index (χ0n) is 9.34. The van der Waals surface area contributed by atoms with Crippen molar-refractivity contribution in [1.29, 1.82) is 0 Å². The van der Waals surface area contributed by atoms with Crippen LogP contribution in [-0.4, -0.2) is 38.9 Å². The lowest BCUT2D eigenvalue weighted by molar-refractivity contribution is -0.143. The van der Waals surface area contributed by atoms with Crippen LogP contribution in [0.15, 0.2) is 0 Å². The van der Waals surface area contributed by atoms with Crippen molar-refractivity contribution < 1.29 is 14.3 Å². The third kappa shape index (κ3) is 8.01. The minimum atomic E-state index is -0.193. The number of nitrogens with one attached hydrogen (secondary N) is 1. The maximum atomic E-state index is 11.1. The second-order valence-corrected chi connectivity index (χ2v) is 3.26. The summed E-state index contributed by atoms with van der Waals surface area (Å²) in [7, 11) is 1.63. The number of esters is 1. The second-order valence-electron chi connectivity index (χ2n) is 3.26. The Kier molecular flexibility index (Phi) is 8.57. The van der Waals surface area contributed by atoms with Gasteiger partial charge in [-0.15, -0.1) is 0 Å². The van der Waals surface area contributed by atoms with Crippen molar-refractivity contribution in [2.24, 2.45) is 0 Å². The van der Waals surface area contributed by atoms with Crippen LogP contribution < -0.4 is 5.32 Å². The van der Waals surface area contributed by atoms with Crippen molar-refractivity contribution in [3.63, 3.8) is 0 Å². The highest BCUT2D eigenvalue weighted by molar-refractivity contribution is 5.71. The summed E-state index contributed by atoms with van der Waals surface area (Å²) in [5, 5.41) is 3.07. The monoisotopic (exact) mass is 203 g/mol. The van der Waals surface area contributed by atoms with Gasteiger partial charge < -0.3 is 14.8 Å². The van der Waals surface area contributed by atoms with Gasteiger partial charge in [-0.1, -0.05) is 6.92 Å². The second kappa shape index (κ2) is 8.97. The van der Waals surface area contributed by atoms with E-state index in [0.717, 1.165) is 12.8 Å². The number of carbonyl (C=O) groups is 1. The van der Waals surface area contributed by atoms with Gasteiger partial charge in [-0.05, 0) is 13.3 Å². The van der Waals surface area contributed by atoms with Gasteiger partial charge in [0.2, 0.25) is 0 Å². The molecule has 0 spiro atoms. The van der Waals surface area contributed by atoms with E-state index in [2.05, 4.69) is 12.2 Å². The molecule has 0 saturated carbocycles. The molecular formula is C10H21NO3. The summed E-state index contributed by atoms with van der Waals surface area (Å²) in [6.45, 7) is 5.47. The van der Waals surface area contributed by atoms with Gasteiger partial charge in [0.25, 0.3) is 0 Å². The van der Waals surface area contributed by atoms with E-state index in [1.807, 2.05) is 6.92 Å². The Hall–Kier alpha value is -0.610. The van der Waals surface area contributed by atoms with Gasteiger partial charge in [0, 0.05) is 26.2 Å². The molecule has 0 rings (SSSR count). The molecule has 0 aromatic heterocycles. The Morgan fingerprint density at radius 1 is 1.43 bits per heavy atom. The average molecular weight is 203 g/mol. The molecule has 0 amide bonds. The minimum absolute atomic E-state index is 0.193. The van der Waals surface area contributed by atoms with Gasteiger partial charge in [0.15, 0.2) is 0 Å². The fourth-order valence-electron chi connectivity index (χ4n) is 0.842. The molecule has 14 heavy (non-hydrogen) atoms. The molecule has 0 bridgehead atoms. The summed E-state index contributed by atoms with van der Waals surface area (Å²) in [5.41, 5.74) is 0. The summed E-state index contributed by atoms with van der Waals surface area (Å²) in [6, 6.07) is 0.363. The van der Waals surface area contributed by atoms with Crippen LogP contribution in [0.3, 0.4) is 0 Å². The number of hydrogen-bond donors (Lipinski definition) is 1. The van der Waals surface area contributed by atoms with Crippen LogP contribution in [0.4, 0.5) is 0 Å². The Labute approximate surface area is 86.0 Å². The first-order valence-corrected chi connectivity index (χ1v) is 5.08. The fourth-order valence-corrected chi connectivity index (χ4v) is 0.842. The highest BCUT2D eigenvalue weighted by atomic mass is 16.5. The first-order chi connectivity index (χ1) is 6.70. The fraction of sp³-hybridized carbons (Fsp3) is 0.900. The molecule has 0 aliphatic carbocycles. The SMILES string of the molecule is CCC(C)NCC(=O)OCCCOC. The molecule has 4 heteroatoms. The predicted octanol–water partition coefficient (Wildman–Crippen LogP) is 0.954. The minimum Gasteiger partial charge on any atom is -0.465 e. The van der Waals surface area contributed by atoms with Crippen LogP contribution in [0.25, 0.3) is 0 Å².